The summed E-state index contributed by atoms with van der Waals surface area (Å²) in [5.41, 5.74) is 10.5. The van der Waals surface area contributed by atoms with Crippen LogP contribution in [0.1, 0.15) is 211 Å². The SMILES string of the molecule is CCCCCc1cc(O)c(C2C=C(C)CCC2)c(O)c1C(=O)NC1CCCC1.CCCCCc1cc(O)c(C2C=C(C)CCC2)c(O)c1C(=O)O.NC1CCCC1. The number of phenols is 4. The fourth-order valence-electron chi connectivity index (χ4n) is 9.16. The first-order chi connectivity index (χ1) is 27.4. The lowest BCUT2D eigenvalue weighted by molar-refractivity contribution is 0.0691. The summed E-state index contributed by atoms with van der Waals surface area (Å²) in [7, 11) is 0. The largest absolute Gasteiger partial charge is 0.507 e. The Labute approximate surface area is 341 Å². The molecule has 6 rings (SSSR count). The van der Waals surface area contributed by atoms with Crippen LogP contribution in [0, 0.1) is 0 Å². The number of phenolic OH excluding ortho intramolecular Hbond substituents is 3. The lowest BCUT2D eigenvalue weighted by Gasteiger charge is -2.24. The number of carbonyl (C=O) groups is 2. The van der Waals surface area contributed by atoms with Gasteiger partial charge in [-0.1, -0.05) is 88.5 Å². The first-order valence-corrected chi connectivity index (χ1v) is 22.2. The zero-order valence-electron chi connectivity index (χ0n) is 35.3. The molecule has 2 aromatic rings. The molecule has 0 bridgehead atoms. The van der Waals surface area contributed by atoms with Gasteiger partial charge in [-0.2, -0.15) is 0 Å². The lowest BCUT2D eigenvalue weighted by atomic mass is 9.83. The number of allylic oxidation sites excluding steroid dienone is 4. The van der Waals surface area contributed by atoms with Crippen molar-refractivity contribution in [1.29, 1.82) is 0 Å². The molecule has 0 saturated heterocycles. The van der Waals surface area contributed by atoms with Gasteiger partial charge in [0, 0.05) is 35.0 Å². The second-order valence-electron chi connectivity index (χ2n) is 17.1. The van der Waals surface area contributed by atoms with Crippen molar-refractivity contribution < 1.29 is 35.1 Å². The minimum absolute atomic E-state index is 0.00921. The number of unbranched alkanes of at least 4 members (excludes halogenated alkanes) is 4. The summed E-state index contributed by atoms with van der Waals surface area (Å²) in [5, 5.41) is 55.5. The van der Waals surface area contributed by atoms with Gasteiger partial charge in [-0.05, 0) is 127 Å². The summed E-state index contributed by atoms with van der Waals surface area (Å²) < 4.78 is 0. The number of hydrogen-bond donors (Lipinski definition) is 7. The molecule has 0 aliphatic heterocycles. The summed E-state index contributed by atoms with van der Waals surface area (Å²) in [4.78, 5) is 24.7. The van der Waals surface area contributed by atoms with Gasteiger partial charge in [0.1, 0.15) is 28.6 Å². The molecule has 4 aliphatic carbocycles. The van der Waals surface area contributed by atoms with Gasteiger partial charge in [-0.15, -0.1) is 0 Å². The van der Waals surface area contributed by atoms with E-state index in [0.717, 1.165) is 108 Å². The fraction of sp³-hybridized carbons (Fsp3) is 0.625. The number of carbonyl (C=O) groups excluding carboxylic acids is 1. The van der Waals surface area contributed by atoms with Crippen molar-refractivity contribution in [3.05, 3.63) is 68.8 Å². The molecular formula is C48H72N2O7. The Hall–Kier alpha value is -3.98. The zero-order valence-corrected chi connectivity index (χ0v) is 35.3. The molecule has 2 unspecified atom stereocenters. The number of benzene rings is 2. The van der Waals surface area contributed by atoms with Crippen LogP contribution in [0.5, 0.6) is 23.0 Å². The second-order valence-corrected chi connectivity index (χ2v) is 17.1. The minimum atomic E-state index is -1.13. The fourth-order valence-corrected chi connectivity index (χ4v) is 9.16. The molecule has 0 radical (unpaired) electrons. The number of nitrogens with two attached hydrogens (primary N) is 1. The zero-order chi connectivity index (χ0) is 41.5. The maximum atomic E-state index is 13.1. The summed E-state index contributed by atoms with van der Waals surface area (Å²) in [5.74, 6) is -1.62. The van der Waals surface area contributed by atoms with Gasteiger partial charge in [0.2, 0.25) is 0 Å². The Morgan fingerprint density at radius 1 is 0.649 bits per heavy atom. The highest BCUT2D eigenvalue weighted by Crippen LogP contribution is 2.45. The number of aromatic carboxylic acids is 1. The van der Waals surface area contributed by atoms with Crippen LogP contribution in [-0.4, -0.2) is 49.5 Å². The quantitative estimate of drug-likeness (QED) is 0.0775. The molecule has 0 heterocycles. The molecule has 8 N–H and O–H groups in total. The number of nitrogens with one attached hydrogen (secondary N) is 1. The van der Waals surface area contributed by atoms with Crippen LogP contribution in [0.4, 0.5) is 0 Å². The van der Waals surface area contributed by atoms with Gasteiger partial charge < -0.3 is 36.6 Å². The van der Waals surface area contributed by atoms with Crippen LogP contribution in [0.2, 0.25) is 0 Å². The summed E-state index contributed by atoms with van der Waals surface area (Å²) in [6, 6.07) is 4.01. The Balaban J connectivity index is 0.000000223. The third kappa shape index (κ3) is 13.0. The number of carboxylic acid groups (broad SMARTS) is 1. The first kappa shape index (κ1) is 45.7. The van der Waals surface area contributed by atoms with Crippen molar-refractivity contribution in [3.8, 4) is 23.0 Å². The van der Waals surface area contributed by atoms with Crippen molar-refractivity contribution >= 4 is 11.9 Å². The van der Waals surface area contributed by atoms with E-state index >= 15 is 0 Å². The number of carboxylic acids is 1. The van der Waals surface area contributed by atoms with Crippen molar-refractivity contribution in [2.24, 2.45) is 5.73 Å². The van der Waals surface area contributed by atoms with Gasteiger partial charge in [-0.25, -0.2) is 4.79 Å². The smallest absolute Gasteiger partial charge is 0.339 e. The number of aryl methyl sites for hydroxylation is 2. The minimum Gasteiger partial charge on any atom is -0.507 e. The average molecular weight is 789 g/mol. The Morgan fingerprint density at radius 3 is 1.49 bits per heavy atom. The van der Waals surface area contributed by atoms with Gasteiger partial charge in [-0.3, -0.25) is 4.79 Å². The first-order valence-electron chi connectivity index (χ1n) is 22.2. The van der Waals surface area contributed by atoms with E-state index in [1.807, 2.05) is 13.0 Å². The van der Waals surface area contributed by atoms with Gasteiger partial charge in [0.15, 0.2) is 0 Å². The molecule has 4 aliphatic rings. The molecule has 57 heavy (non-hydrogen) atoms. The van der Waals surface area contributed by atoms with Crippen molar-refractivity contribution in [2.45, 2.75) is 193 Å². The van der Waals surface area contributed by atoms with E-state index in [9.17, 15) is 35.1 Å². The average Bonchev–Trinajstić information content (AvgIpc) is 3.86. The standard InChI is InChI=1S/C24H35NO3.C19H26O4.C5H11N/c1-3-4-5-10-18-15-20(26)21(17-11-8-9-16(2)14-17)23(27)22(18)24(28)25-19-12-6-7-13-19;1-3-4-5-8-14-11-15(20)16(18(21)17(14)19(22)23)13-9-6-7-12(2)10-13;6-5-3-1-2-4-5/h14-15,17,19,26-27H,3-13H2,1-2H3,(H,25,28);10-11,13,20-21H,3-9H2,1-2H3,(H,22,23);5H,1-4,6H2. The maximum absolute atomic E-state index is 13.1. The molecule has 2 saturated carbocycles. The van der Waals surface area contributed by atoms with Crippen LogP contribution in [0.25, 0.3) is 0 Å². The monoisotopic (exact) mass is 789 g/mol. The van der Waals surface area contributed by atoms with Gasteiger partial charge in [0.25, 0.3) is 5.91 Å². The van der Waals surface area contributed by atoms with Crippen molar-refractivity contribution in [2.75, 3.05) is 0 Å². The Kier molecular flexibility index (Phi) is 18.3. The number of rotatable bonds is 13. The molecule has 9 nitrogen and oxygen atoms in total. The van der Waals surface area contributed by atoms with Crippen molar-refractivity contribution in [1.82, 2.24) is 5.32 Å². The molecule has 0 spiro atoms. The van der Waals surface area contributed by atoms with E-state index in [0.29, 0.717) is 41.1 Å². The third-order valence-electron chi connectivity index (χ3n) is 12.3. The lowest BCUT2D eigenvalue weighted by Crippen LogP contribution is -2.33. The van der Waals surface area contributed by atoms with E-state index in [2.05, 4.69) is 32.2 Å². The van der Waals surface area contributed by atoms with E-state index in [4.69, 9.17) is 5.73 Å². The van der Waals surface area contributed by atoms with Crippen LogP contribution < -0.4 is 11.1 Å². The number of hydrogen-bond acceptors (Lipinski definition) is 7. The second kappa shape index (κ2) is 22.8. The number of amides is 1. The van der Waals surface area contributed by atoms with Crippen LogP contribution in [-0.2, 0) is 12.8 Å². The van der Waals surface area contributed by atoms with E-state index in [1.165, 1.54) is 42.9 Å². The Bertz CT molecular complexity index is 1700. The molecule has 0 aromatic heterocycles. The van der Waals surface area contributed by atoms with Crippen LogP contribution in [0.3, 0.4) is 0 Å². The van der Waals surface area contributed by atoms with Crippen LogP contribution in [0.15, 0.2) is 35.4 Å². The normalized spacial score (nSPS) is 19.8. The summed E-state index contributed by atoms with van der Waals surface area (Å²) >= 11 is 0. The van der Waals surface area contributed by atoms with E-state index in [-0.39, 0.29) is 52.3 Å². The topological polar surface area (TPSA) is 173 Å². The highest BCUT2D eigenvalue weighted by molar-refractivity contribution is 5.99. The summed E-state index contributed by atoms with van der Waals surface area (Å²) in [6.45, 7) is 8.34. The number of aromatic hydroxyl groups is 4. The molecule has 2 atom stereocenters. The van der Waals surface area contributed by atoms with Crippen LogP contribution >= 0.6 is 0 Å². The van der Waals surface area contributed by atoms with Gasteiger partial charge in [0.05, 0.1) is 5.56 Å². The Morgan fingerprint density at radius 2 is 1.09 bits per heavy atom. The highest BCUT2D eigenvalue weighted by atomic mass is 16.4. The molecular weight excluding hydrogens is 717 g/mol. The highest BCUT2D eigenvalue weighted by Gasteiger charge is 2.30. The predicted molar refractivity (Wildman–Crippen MR) is 230 cm³/mol. The van der Waals surface area contributed by atoms with E-state index < -0.39 is 5.97 Å². The third-order valence-corrected chi connectivity index (χ3v) is 12.3. The maximum Gasteiger partial charge on any atom is 0.339 e. The predicted octanol–water partition coefficient (Wildman–Crippen LogP) is 11.3. The molecule has 316 valence electrons. The molecule has 9 heteroatoms. The van der Waals surface area contributed by atoms with Crippen molar-refractivity contribution in [3.63, 3.8) is 0 Å². The summed E-state index contributed by atoms with van der Waals surface area (Å²) in [6.07, 6.45) is 26.7. The molecule has 1 amide bonds. The molecule has 2 aromatic carbocycles. The van der Waals surface area contributed by atoms with Gasteiger partial charge >= 0.3 is 5.97 Å². The molecule has 2 fully saturated rings. The van der Waals surface area contributed by atoms with E-state index in [1.54, 1.807) is 6.07 Å².